The van der Waals surface area contributed by atoms with Crippen molar-refractivity contribution in [2.45, 2.75) is 51.2 Å². The molecule has 1 aromatic heterocycles. The van der Waals surface area contributed by atoms with Crippen molar-refractivity contribution in [1.82, 2.24) is 15.2 Å². The normalized spacial score (nSPS) is 18.9. The number of aryl methyl sites for hydroxylation is 1. The molecule has 7 nitrogen and oxygen atoms in total. The number of piperidine rings is 1. The van der Waals surface area contributed by atoms with E-state index in [2.05, 4.69) is 44.6 Å². The Hall–Kier alpha value is -3.98. The Labute approximate surface area is 244 Å². The monoisotopic (exact) mass is 574 g/mol. The van der Waals surface area contributed by atoms with Gasteiger partial charge in [0, 0.05) is 24.4 Å². The molecule has 220 valence electrons. The van der Waals surface area contributed by atoms with E-state index in [1.807, 2.05) is 31.2 Å². The summed E-state index contributed by atoms with van der Waals surface area (Å²) in [5.74, 6) is 0.910. The predicted octanol–water partition coefficient (Wildman–Crippen LogP) is 6.34. The highest BCUT2D eigenvalue weighted by atomic mass is 19.3. The van der Waals surface area contributed by atoms with E-state index in [9.17, 15) is 13.6 Å². The molecule has 1 saturated carbocycles. The Balaban J connectivity index is 1.13. The third-order valence-electron chi connectivity index (χ3n) is 8.60. The molecule has 0 spiro atoms. The van der Waals surface area contributed by atoms with Crippen molar-refractivity contribution < 1.29 is 23.0 Å². The number of rotatable bonds is 9. The third kappa shape index (κ3) is 5.83. The maximum atomic E-state index is 13.5. The highest BCUT2D eigenvalue weighted by Gasteiger charge is 2.53. The average molecular weight is 575 g/mol. The highest BCUT2D eigenvalue weighted by molar-refractivity contribution is 6.01. The fourth-order valence-electron chi connectivity index (χ4n) is 5.75. The van der Waals surface area contributed by atoms with E-state index >= 15 is 0 Å². The summed E-state index contributed by atoms with van der Waals surface area (Å²) < 4.78 is 36.1. The lowest BCUT2D eigenvalue weighted by Gasteiger charge is -2.30. The summed E-state index contributed by atoms with van der Waals surface area (Å²) in [4.78, 5) is 20.7. The lowest BCUT2D eigenvalue weighted by atomic mass is 9.94. The molecular weight excluding hydrogens is 538 g/mol. The minimum absolute atomic E-state index is 0.0402. The summed E-state index contributed by atoms with van der Waals surface area (Å²) in [5, 5.41) is 6.43. The molecule has 1 amide bonds. The van der Waals surface area contributed by atoms with Crippen LogP contribution in [0, 0.1) is 12.8 Å². The molecule has 0 atom stereocenters. The van der Waals surface area contributed by atoms with Gasteiger partial charge in [0.15, 0.2) is 11.5 Å². The van der Waals surface area contributed by atoms with Gasteiger partial charge in [-0.15, -0.1) is 8.78 Å². The summed E-state index contributed by atoms with van der Waals surface area (Å²) in [6.07, 6.45) is 0.0165. The molecule has 2 aromatic carbocycles. The first kappa shape index (κ1) is 28.2. The summed E-state index contributed by atoms with van der Waals surface area (Å²) >= 11 is 0. The molecule has 2 N–H and O–H groups in total. The summed E-state index contributed by atoms with van der Waals surface area (Å²) in [5.41, 5.74) is 4.30. The minimum Gasteiger partial charge on any atom is -0.395 e. The van der Waals surface area contributed by atoms with Crippen LogP contribution in [-0.4, -0.2) is 48.3 Å². The standard InChI is InChI=1S/C33H36F2N4O3/c1-21-11-16-39(17-12-21)18-15-36-23(3)24-5-4-6-25(19-24)30-22(2)7-10-29(37-30)38-31(40)32(13-14-32)26-8-9-27-28(20-26)42-33(34,35)41-27/h4-10,19-21,36H,3,11-18H2,1-2H3,(H,37,38,40). The fourth-order valence-corrected chi connectivity index (χ4v) is 5.75. The molecular formula is C33H36F2N4O3. The number of pyridine rings is 1. The zero-order chi connectivity index (χ0) is 29.5. The van der Waals surface area contributed by atoms with Crippen molar-refractivity contribution in [2.24, 2.45) is 5.92 Å². The van der Waals surface area contributed by atoms with Crippen molar-refractivity contribution in [1.29, 1.82) is 0 Å². The smallest absolute Gasteiger partial charge is 0.395 e. The van der Waals surface area contributed by atoms with Crippen LogP contribution >= 0.6 is 0 Å². The van der Waals surface area contributed by atoms with Crippen LogP contribution in [-0.2, 0) is 10.2 Å². The van der Waals surface area contributed by atoms with Gasteiger partial charge in [0.2, 0.25) is 5.91 Å². The number of aromatic nitrogens is 1. The number of nitrogens with zero attached hydrogens (tertiary/aromatic N) is 2. The molecule has 6 rings (SSSR count). The second-order valence-corrected chi connectivity index (χ2v) is 11.7. The number of hydrogen-bond acceptors (Lipinski definition) is 6. The number of benzene rings is 2. The van der Waals surface area contributed by atoms with Gasteiger partial charge in [-0.2, -0.15) is 0 Å². The Morgan fingerprint density at radius 3 is 2.60 bits per heavy atom. The summed E-state index contributed by atoms with van der Waals surface area (Å²) in [7, 11) is 0. The number of fused-ring (bicyclic) bond motifs is 1. The molecule has 3 aliphatic rings. The number of nitrogens with one attached hydrogen (secondary N) is 2. The summed E-state index contributed by atoms with van der Waals surface area (Å²) in [6, 6.07) is 16.3. The molecule has 9 heteroatoms. The van der Waals surface area contributed by atoms with E-state index in [-0.39, 0.29) is 17.4 Å². The van der Waals surface area contributed by atoms with Gasteiger partial charge in [0.05, 0.1) is 11.1 Å². The van der Waals surface area contributed by atoms with Crippen LogP contribution in [0.1, 0.15) is 49.3 Å². The maximum Gasteiger partial charge on any atom is 0.586 e. The largest absolute Gasteiger partial charge is 0.586 e. The fraction of sp³-hybridized carbons (Fsp3) is 0.394. The molecule has 0 radical (unpaired) electrons. The van der Waals surface area contributed by atoms with E-state index in [4.69, 9.17) is 4.98 Å². The molecule has 42 heavy (non-hydrogen) atoms. The van der Waals surface area contributed by atoms with Crippen LogP contribution in [0.5, 0.6) is 11.5 Å². The van der Waals surface area contributed by atoms with E-state index < -0.39 is 11.7 Å². The molecule has 0 unspecified atom stereocenters. The molecule has 1 saturated heterocycles. The van der Waals surface area contributed by atoms with Crippen molar-refractivity contribution in [3.8, 4) is 22.8 Å². The molecule has 3 aromatic rings. The molecule has 2 fully saturated rings. The van der Waals surface area contributed by atoms with Crippen LogP contribution in [0.2, 0.25) is 0 Å². The van der Waals surface area contributed by atoms with Gasteiger partial charge in [-0.3, -0.25) is 4.79 Å². The van der Waals surface area contributed by atoms with Gasteiger partial charge in [-0.1, -0.05) is 43.8 Å². The zero-order valence-electron chi connectivity index (χ0n) is 24.0. The average Bonchev–Trinajstić information content (AvgIpc) is 3.72. The Morgan fingerprint density at radius 2 is 1.83 bits per heavy atom. The van der Waals surface area contributed by atoms with Gasteiger partial charge < -0.3 is 25.0 Å². The first-order chi connectivity index (χ1) is 20.1. The van der Waals surface area contributed by atoms with Crippen LogP contribution in [0.15, 0.2) is 61.2 Å². The number of halogens is 2. The number of amides is 1. The van der Waals surface area contributed by atoms with E-state index in [0.29, 0.717) is 24.2 Å². The molecule has 0 bridgehead atoms. The van der Waals surface area contributed by atoms with Crippen molar-refractivity contribution >= 4 is 17.4 Å². The van der Waals surface area contributed by atoms with Gasteiger partial charge in [-0.25, -0.2) is 4.98 Å². The zero-order valence-corrected chi connectivity index (χ0v) is 24.0. The third-order valence-corrected chi connectivity index (χ3v) is 8.60. The van der Waals surface area contributed by atoms with Crippen LogP contribution in [0.25, 0.3) is 17.0 Å². The molecule has 1 aliphatic carbocycles. The number of hydrogen-bond donors (Lipinski definition) is 2. The Bertz CT molecular complexity index is 1510. The second-order valence-electron chi connectivity index (χ2n) is 11.7. The number of carbonyl (C=O) groups is 1. The predicted molar refractivity (Wildman–Crippen MR) is 158 cm³/mol. The maximum absolute atomic E-state index is 13.5. The van der Waals surface area contributed by atoms with Crippen LogP contribution in [0.3, 0.4) is 0 Å². The van der Waals surface area contributed by atoms with Gasteiger partial charge in [0.1, 0.15) is 5.82 Å². The quantitative estimate of drug-likeness (QED) is 0.311. The summed E-state index contributed by atoms with van der Waals surface area (Å²) in [6.45, 7) is 12.7. The van der Waals surface area contributed by atoms with Crippen molar-refractivity contribution in [3.63, 3.8) is 0 Å². The Kier molecular flexibility index (Phi) is 7.39. The number of alkyl halides is 2. The molecule has 3 heterocycles. The topological polar surface area (TPSA) is 75.7 Å². The van der Waals surface area contributed by atoms with E-state index in [0.717, 1.165) is 60.2 Å². The number of ether oxygens (including phenoxy) is 2. The highest BCUT2D eigenvalue weighted by Crippen LogP contribution is 2.52. The first-order valence-electron chi connectivity index (χ1n) is 14.6. The minimum atomic E-state index is -3.70. The first-order valence-corrected chi connectivity index (χ1v) is 14.6. The van der Waals surface area contributed by atoms with E-state index in [1.165, 1.54) is 25.0 Å². The van der Waals surface area contributed by atoms with Gasteiger partial charge in [-0.05, 0) is 92.6 Å². The van der Waals surface area contributed by atoms with Crippen molar-refractivity contribution in [3.05, 3.63) is 77.9 Å². The number of likely N-dealkylation sites (tertiary alicyclic amines) is 1. The van der Waals surface area contributed by atoms with Crippen LogP contribution < -0.4 is 20.1 Å². The lowest BCUT2D eigenvalue weighted by molar-refractivity contribution is -0.286. The number of anilines is 1. The van der Waals surface area contributed by atoms with Crippen molar-refractivity contribution in [2.75, 3.05) is 31.5 Å². The van der Waals surface area contributed by atoms with E-state index in [1.54, 1.807) is 12.1 Å². The SMILES string of the molecule is C=C(NCCN1CCC(C)CC1)c1cccc(-c2nc(NC(=O)C3(c4ccc5c(c4)OC(F)(F)O5)CC3)ccc2C)c1. The Morgan fingerprint density at radius 1 is 1.07 bits per heavy atom. The van der Waals surface area contributed by atoms with Gasteiger partial charge >= 0.3 is 6.29 Å². The number of carbonyl (C=O) groups excluding carboxylic acids is 1. The van der Waals surface area contributed by atoms with Crippen LogP contribution in [0.4, 0.5) is 14.6 Å². The molecule has 2 aliphatic heterocycles. The van der Waals surface area contributed by atoms with Gasteiger partial charge in [0.25, 0.3) is 0 Å². The lowest BCUT2D eigenvalue weighted by Crippen LogP contribution is -2.37. The second kappa shape index (κ2) is 11.0.